The molecular weight excluding hydrogens is 244 g/mol. The number of nitrogens with zero attached hydrogens (tertiary/aromatic N) is 2. The number of aryl methyl sites for hydroxylation is 2. The van der Waals surface area contributed by atoms with Crippen molar-refractivity contribution >= 4 is 0 Å². The van der Waals surface area contributed by atoms with E-state index in [-0.39, 0.29) is 0 Å². The van der Waals surface area contributed by atoms with Crippen LogP contribution in [0.1, 0.15) is 22.9 Å². The maximum atomic E-state index is 10.6. The highest BCUT2D eigenvalue weighted by Gasteiger charge is 2.23. The van der Waals surface area contributed by atoms with E-state index in [0.717, 1.165) is 5.56 Å². The van der Waals surface area contributed by atoms with Crippen LogP contribution in [0.2, 0.25) is 0 Å². The number of hydrogen-bond acceptors (Lipinski definition) is 4. The van der Waals surface area contributed by atoms with Crippen LogP contribution in [0, 0.1) is 6.92 Å². The topological polar surface area (TPSA) is 56.5 Å². The van der Waals surface area contributed by atoms with Crippen LogP contribution in [0.3, 0.4) is 0 Å². The highest BCUT2D eigenvalue weighted by molar-refractivity contribution is 5.44. The van der Waals surface area contributed by atoms with Crippen LogP contribution >= 0.6 is 0 Å². The summed E-state index contributed by atoms with van der Waals surface area (Å²) in [5, 5.41) is 14.7. The molecule has 1 aromatic heterocycles. The first-order valence-electron chi connectivity index (χ1n) is 5.97. The van der Waals surface area contributed by atoms with E-state index in [9.17, 15) is 5.11 Å². The monoisotopic (exact) mass is 262 g/mol. The molecule has 19 heavy (non-hydrogen) atoms. The molecule has 2 rings (SSSR count). The van der Waals surface area contributed by atoms with E-state index >= 15 is 0 Å². The molecule has 0 saturated carbocycles. The third-order valence-corrected chi connectivity index (χ3v) is 3.11. The maximum absolute atomic E-state index is 10.6. The second kappa shape index (κ2) is 5.32. The van der Waals surface area contributed by atoms with E-state index in [1.807, 2.05) is 25.1 Å². The van der Waals surface area contributed by atoms with Gasteiger partial charge in [0.2, 0.25) is 0 Å². The minimum Gasteiger partial charge on any atom is -0.496 e. The summed E-state index contributed by atoms with van der Waals surface area (Å²) in [5.74, 6) is 1.19. The van der Waals surface area contributed by atoms with Crippen molar-refractivity contribution < 1.29 is 14.6 Å². The van der Waals surface area contributed by atoms with Gasteiger partial charge in [-0.15, -0.1) is 0 Å². The smallest absolute Gasteiger partial charge is 0.162 e. The molecule has 1 aromatic carbocycles. The van der Waals surface area contributed by atoms with E-state index < -0.39 is 6.10 Å². The summed E-state index contributed by atoms with van der Waals surface area (Å²) in [6.45, 7) is 1.97. The Kier molecular flexibility index (Phi) is 3.76. The largest absolute Gasteiger partial charge is 0.496 e. The number of aliphatic hydroxyl groups excluding tert-OH is 1. The molecule has 1 unspecified atom stereocenters. The van der Waals surface area contributed by atoms with Crippen LogP contribution in [0.25, 0.3) is 0 Å². The Morgan fingerprint density at radius 3 is 2.53 bits per heavy atom. The van der Waals surface area contributed by atoms with Gasteiger partial charge < -0.3 is 14.6 Å². The Morgan fingerprint density at radius 1 is 1.21 bits per heavy atom. The Balaban J connectivity index is 2.51. The molecule has 0 bridgehead atoms. The first-order valence-corrected chi connectivity index (χ1v) is 5.97. The molecule has 2 aromatic rings. The number of rotatable bonds is 4. The molecule has 1 atom stereocenters. The first kappa shape index (κ1) is 13.4. The normalized spacial score (nSPS) is 12.3. The van der Waals surface area contributed by atoms with E-state index in [2.05, 4.69) is 5.10 Å². The first-order chi connectivity index (χ1) is 9.08. The molecule has 1 heterocycles. The zero-order valence-corrected chi connectivity index (χ0v) is 11.5. The summed E-state index contributed by atoms with van der Waals surface area (Å²) in [7, 11) is 4.91. The number of aromatic nitrogens is 2. The second-order valence-electron chi connectivity index (χ2n) is 4.37. The maximum Gasteiger partial charge on any atom is 0.162 e. The summed E-state index contributed by atoms with van der Waals surface area (Å²) in [6, 6.07) is 5.68. The molecule has 0 amide bonds. The predicted octanol–water partition coefficient (Wildman–Crippen LogP) is 1.83. The fraction of sp³-hybridized carbons (Fsp3) is 0.357. The lowest BCUT2D eigenvalue weighted by molar-refractivity contribution is 0.199. The zero-order valence-electron chi connectivity index (χ0n) is 11.5. The van der Waals surface area contributed by atoms with Crippen molar-refractivity contribution in [2.75, 3.05) is 14.2 Å². The molecule has 0 aliphatic heterocycles. The van der Waals surface area contributed by atoms with Gasteiger partial charge in [0.15, 0.2) is 5.75 Å². The van der Waals surface area contributed by atoms with Crippen molar-refractivity contribution in [3.05, 3.63) is 41.2 Å². The highest BCUT2D eigenvalue weighted by atomic mass is 16.5. The van der Waals surface area contributed by atoms with Crippen molar-refractivity contribution in [3.63, 3.8) is 0 Å². The third kappa shape index (κ3) is 2.42. The van der Waals surface area contributed by atoms with E-state index in [1.165, 1.54) is 0 Å². The number of hydrogen-bond donors (Lipinski definition) is 1. The summed E-state index contributed by atoms with van der Waals surface area (Å²) in [6.07, 6.45) is 0.734. The molecule has 5 heteroatoms. The van der Waals surface area contributed by atoms with Gasteiger partial charge in [-0.3, -0.25) is 4.68 Å². The van der Waals surface area contributed by atoms with Gasteiger partial charge in [0.1, 0.15) is 17.5 Å². The van der Waals surface area contributed by atoms with E-state index in [1.54, 1.807) is 32.1 Å². The molecule has 0 fully saturated rings. The summed E-state index contributed by atoms with van der Waals surface area (Å²) < 4.78 is 12.1. The van der Waals surface area contributed by atoms with Gasteiger partial charge in [0.25, 0.3) is 0 Å². The van der Waals surface area contributed by atoms with Gasteiger partial charge >= 0.3 is 0 Å². The van der Waals surface area contributed by atoms with Crippen molar-refractivity contribution in [1.82, 2.24) is 9.78 Å². The molecule has 102 valence electrons. The van der Waals surface area contributed by atoms with Crippen molar-refractivity contribution in [2.24, 2.45) is 7.05 Å². The molecule has 0 aliphatic rings. The fourth-order valence-electron chi connectivity index (χ4n) is 2.11. The lowest BCUT2D eigenvalue weighted by Crippen LogP contribution is -2.09. The van der Waals surface area contributed by atoms with Crippen LogP contribution in [-0.4, -0.2) is 29.1 Å². The number of ether oxygens (including phenoxy) is 2. The van der Waals surface area contributed by atoms with Crippen molar-refractivity contribution in [2.45, 2.75) is 13.0 Å². The Labute approximate surface area is 112 Å². The molecule has 5 nitrogen and oxygen atoms in total. The molecule has 0 radical (unpaired) electrons. The third-order valence-electron chi connectivity index (χ3n) is 3.11. The molecule has 0 aliphatic carbocycles. The predicted molar refractivity (Wildman–Crippen MR) is 71.6 cm³/mol. The minimum atomic E-state index is -0.850. The lowest BCUT2D eigenvalue weighted by Gasteiger charge is -2.17. The van der Waals surface area contributed by atoms with E-state index in [0.29, 0.717) is 22.8 Å². The average molecular weight is 262 g/mol. The molecule has 0 saturated heterocycles. The summed E-state index contributed by atoms with van der Waals surface area (Å²) in [4.78, 5) is 0. The standard InChI is InChI=1S/C14H18N2O3/c1-9-5-6-11(18-3)10(7-9)14(17)13-12(19-4)8-15-16(13)2/h5-8,14,17H,1-4H3. The zero-order chi connectivity index (χ0) is 14.0. The summed E-state index contributed by atoms with van der Waals surface area (Å²) >= 11 is 0. The number of methoxy groups -OCH3 is 2. The van der Waals surface area contributed by atoms with Crippen LogP contribution in [0.4, 0.5) is 0 Å². The quantitative estimate of drug-likeness (QED) is 0.913. The minimum absolute atomic E-state index is 0.554. The number of aliphatic hydroxyl groups is 1. The van der Waals surface area contributed by atoms with E-state index in [4.69, 9.17) is 9.47 Å². The van der Waals surface area contributed by atoms with Gasteiger partial charge in [0, 0.05) is 12.6 Å². The Morgan fingerprint density at radius 2 is 1.89 bits per heavy atom. The van der Waals surface area contributed by atoms with Crippen molar-refractivity contribution in [1.29, 1.82) is 0 Å². The Hall–Kier alpha value is -2.01. The van der Waals surface area contributed by atoms with Crippen LogP contribution < -0.4 is 9.47 Å². The fourth-order valence-corrected chi connectivity index (χ4v) is 2.11. The molecule has 1 N–H and O–H groups in total. The second-order valence-corrected chi connectivity index (χ2v) is 4.37. The van der Waals surface area contributed by atoms with Gasteiger partial charge in [-0.1, -0.05) is 11.6 Å². The molecular formula is C14H18N2O3. The summed E-state index contributed by atoms with van der Waals surface area (Å²) in [5.41, 5.74) is 2.35. The van der Waals surface area contributed by atoms with Crippen LogP contribution in [0.15, 0.2) is 24.4 Å². The van der Waals surface area contributed by atoms with Crippen LogP contribution in [0.5, 0.6) is 11.5 Å². The number of benzene rings is 1. The highest BCUT2D eigenvalue weighted by Crippen LogP contribution is 2.34. The van der Waals surface area contributed by atoms with Gasteiger partial charge in [0.05, 0.1) is 20.4 Å². The van der Waals surface area contributed by atoms with Gasteiger partial charge in [-0.05, 0) is 19.1 Å². The van der Waals surface area contributed by atoms with Crippen molar-refractivity contribution in [3.8, 4) is 11.5 Å². The average Bonchev–Trinajstić information content (AvgIpc) is 2.79. The molecule has 0 spiro atoms. The van der Waals surface area contributed by atoms with Crippen LogP contribution in [-0.2, 0) is 7.05 Å². The lowest BCUT2D eigenvalue weighted by atomic mass is 10.0. The van der Waals surface area contributed by atoms with Gasteiger partial charge in [-0.25, -0.2) is 0 Å². The SMILES string of the molecule is COc1ccc(C)cc1C(O)c1c(OC)cnn1C. The Bertz CT molecular complexity index is 578. The van der Waals surface area contributed by atoms with Gasteiger partial charge in [-0.2, -0.15) is 5.10 Å².